The van der Waals surface area contributed by atoms with Crippen LogP contribution < -0.4 is 5.32 Å². The zero-order valence-electron chi connectivity index (χ0n) is 14.9. The fraction of sp³-hybridized carbons (Fsp3) is 0.474. The highest BCUT2D eigenvalue weighted by Gasteiger charge is 2.27. The van der Waals surface area contributed by atoms with Crippen molar-refractivity contribution in [3.05, 3.63) is 48.0 Å². The fourth-order valence-electron chi connectivity index (χ4n) is 3.33. The molecule has 6 heteroatoms. The van der Waals surface area contributed by atoms with E-state index >= 15 is 0 Å². The van der Waals surface area contributed by atoms with Crippen LogP contribution in [0.4, 0.5) is 10.5 Å². The standard InChI is InChI=1S/C19H26N4O2/c1-15-13-20-18(23(15)10-11-25-2)12-16-8-9-22(14-16)19(24)21-17-6-4-3-5-7-17/h3-7,13,16H,8-12,14H2,1-2H3,(H,21,24). The summed E-state index contributed by atoms with van der Waals surface area (Å²) in [6, 6.07) is 9.57. The van der Waals surface area contributed by atoms with Gasteiger partial charge in [0.2, 0.25) is 0 Å². The van der Waals surface area contributed by atoms with Crippen LogP contribution in [0.3, 0.4) is 0 Å². The van der Waals surface area contributed by atoms with Crippen LogP contribution in [-0.2, 0) is 17.7 Å². The van der Waals surface area contributed by atoms with Crippen LogP contribution in [-0.4, -0.2) is 47.3 Å². The van der Waals surface area contributed by atoms with Crippen molar-refractivity contribution in [1.29, 1.82) is 0 Å². The molecular weight excluding hydrogens is 316 g/mol. The lowest BCUT2D eigenvalue weighted by Crippen LogP contribution is -2.33. The van der Waals surface area contributed by atoms with Crippen LogP contribution >= 0.6 is 0 Å². The van der Waals surface area contributed by atoms with Gasteiger partial charge in [-0.25, -0.2) is 9.78 Å². The minimum Gasteiger partial charge on any atom is -0.383 e. The molecule has 1 aliphatic rings. The van der Waals surface area contributed by atoms with E-state index in [2.05, 4.69) is 21.8 Å². The Morgan fingerprint density at radius 3 is 2.92 bits per heavy atom. The van der Waals surface area contributed by atoms with Crippen molar-refractivity contribution < 1.29 is 9.53 Å². The van der Waals surface area contributed by atoms with Crippen molar-refractivity contribution in [2.24, 2.45) is 5.92 Å². The Bertz CT molecular complexity index is 699. The van der Waals surface area contributed by atoms with Crippen molar-refractivity contribution in [1.82, 2.24) is 14.5 Å². The van der Waals surface area contributed by atoms with E-state index in [0.717, 1.165) is 49.7 Å². The second-order valence-corrected chi connectivity index (χ2v) is 6.56. The number of methoxy groups -OCH3 is 1. The second kappa shape index (κ2) is 8.16. The third-order valence-electron chi connectivity index (χ3n) is 4.73. The summed E-state index contributed by atoms with van der Waals surface area (Å²) in [4.78, 5) is 18.9. The van der Waals surface area contributed by atoms with Gasteiger partial charge < -0.3 is 19.5 Å². The Morgan fingerprint density at radius 1 is 1.36 bits per heavy atom. The van der Waals surface area contributed by atoms with E-state index in [1.54, 1.807) is 7.11 Å². The molecule has 3 rings (SSSR count). The van der Waals surface area contributed by atoms with Crippen molar-refractivity contribution >= 4 is 11.7 Å². The third-order valence-corrected chi connectivity index (χ3v) is 4.73. The summed E-state index contributed by atoms with van der Waals surface area (Å²) < 4.78 is 7.41. The summed E-state index contributed by atoms with van der Waals surface area (Å²) in [5, 5.41) is 2.96. The zero-order valence-corrected chi connectivity index (χ0v) is 14.9. The number of likely N-dealkylation sites (tertiary alicyclic amines) is 1. The molecule has 2 amide bonds. The summed E-state index contributed by atoms with van der Waals surface area (Å²) >= 11 is 0. The first kappa shape index (κ1) is 17.5. The molecule has 1 aromatic carbocycles. The predicted molar refractivity (Wildman–Crippen MR) is 97.7 cm³/mol. The average Bonchev–Trinajstić information content (AvgIpc) is 3.22. The summed E-state index contributed by atoms with van der Waals surface area (Å²) in [6.07, 6.45) is 3.82. The Labute approximate surface area is 148 Å². The van der Waals surface area contributed by atoms with Gasteiger partial charge in [-0.15, -0.1) is 0 Å². The number of hydrogen-bond donors (Lipinski definition) is 1. The largest absolute Gasteiger partial charge is 0.383 e. The van der Waals surface area contributed by atoms with Crippen molar-refractivity contribution in [3.63, 3.8) is 0 Å². The maximum absolute atomic E-state index is 12.4. The van der Waals surface area contributed by atoms with Gasteiger partial charge in [0.1, 0.15) is 5.82 Å². The summed E-state index contributed by atoms with van der Waals surface area (Å²) in [5.41, 5.74) is 1.99. The average molecular weight is 342 g/mol. The highest BCUT2D eigenvalue weighted by Crippen LogP contribution is 2.22. The number of carbonyl (C=O) groups is 1. The molecule has 1 fully saturated rings. The third kappa shape index (κ3) is 4.39. The molecular formula is C19H26N4O2. The number of anilines is 1. The van der Waals surface area contributed by atoms with Crippen LogP contribution in [0.1, 0.15) is 17.9 Å². The molecule has 1 N–H and O–H groups in total. The van der Waals surface area contributed by atoms with E-state index < -0.39 is 0 Å². The molecule has 25 heavy (non-hydrogen) atoms. The van der Waals surface area contributed by atoms with Gasteiger partial charge >= 0.3 is 6.03 Å². The lowest BCUT2D eigenvalue weighted by Gasteiger charge is -2.18. The Balaban J connectivity index is 1.55. The molecule has 0 bridgehead atoms. The first-order chi connectivity index (χ1) is 12.2. The van der Waals surface area contributed by atoms with Gasteiger partial charge in [0.05, 0.1) is 6.61 Å². The van der Waals surface area contributed by atoms with E-state index in [0.29, 0.717) is 12.5 Å². The van der Waals surface area contributed by atoms with Gasteiger partial charge in [0.25, 0.3) is 0 Å². The second-order valence-electron chi connectivity index (χ2n) is 6.56. The molecule has 0 aliphatic carbocycles. The molecule has 1 aromatic heterocycles. The Morgan fingerprint density at radius 2 is 2.16 bits per heavy atom. The van der Waals surface area contributed by atoms with Crippen LogP contribution in [0, 0.1) is 12.8 Å². The van der Waals surface area contributed by atoms with Crippen molar-refractivity contribution in [3.8, 4) is 0 Å². The molecule has 6 nitrogen and oxygen atoms in total. The number of amides is 2. The minimum absolute atomic E-state index is 0.0207. The molecule has 0 saturated carbocycles. The number of benzene rings is 1. The van der Waals surface area contributed by atoms with E-state index in [-0.39, 0.29) is 6.03 Å². The highest BCUT2D eigenvalue weighted by molar-refractivity contribution is 5.89. The first-order valence-corrected chi connectivity index (χ1v) is 8.78. The Kier molecular flexibility index (Phi) is 5.71. The molecule has 1 aliphatic heterocycles. The number of nitrogens with zero attached hydrogens (tertiary/aromatic N) is 3. The van der Waals surface area contributed by atoms with Gasteiger partial charge in [-0.2, -0.15) is 0 Å². The maximum atomic E-state index is 12.4. The van der Waals surface area contributed by atoms with E-state index in [4.69, 9.17) is 4.74 Å². The summed E-state index contributed by atoms with van der Waals surface area (Å²) in [5.74, 6) is 1.54. The maximum Gasteiger partial charge on any atom is 0.321 e. The van der Waals surface area contributed by atoms with Crippen molar-refractivity contribution in [2.45, 2.75) is 26.3 Å². The number of para-hydroxylation sites is 1. The number of imidazole rings is 1. The van der Waals surface area contributed by atoms with Gasteiger partial charge in [-0.3, -0.25) is 0 Å². The molecule has 1 saturated heterocycles. The smallest absolute Gasteiger partial charge is 0.321 e. The lowest BCUT2D eigenvalue weighted by molar-refractivity contribution is 0.185. The van der Waals surface area contributed by atoms with Crippen LogP contribution in [0.5, 0.6) is 0 Å². The van der Waals surface area contributed by atoms with Gasteiger partial charge in [0, 0.05) is 50.7 Å². The monoisotopic (exact) mass is 342 g/mol. The quantitative estimate of drug-likeness (QED) is 0.878. The number of ether oxygens (including phenoxy) is 1. The molecule has 2 heterocycles. The molecule has 0 spiro atoms. The zero-order chi connectivity index (χ0) is 17.6. The van der Waals surface area contributed by atoms with Crippen LogP contribution in [0.2, 0.25) is 0 Å². The minimum atomic E-state index is -0.0207. The molecule has 134 valence electrons. The Hall–Kier alpha value is -2.34. The highest BCUT2D eigenvalue weighted by atomic mass is 16.5. The fourth-order valence-corrected chi connectivity index (χ4v) is 3.33. The van der Waals surface area contributed by atoms with Gasteiger partial charge in [-0.1, -0.05) is 18.2 Å². The number of aromatic nitrogens is 2. The number of nitrogens with one attached hydrogen (secondary N) is 1. The van der Waals surface area contributed by atoms with E-state index in [1.165, 1.54) is 0 Å². The van der Waals surface area contributed by atoms with Crippen LogP contribution in [0.25, 0.3) is 0 Å². The predicted octanol–water partition coefficient (Wildman–Crippen LogP) is 2.93. The van der Waals surface area contributed by atoms with E-state index in [9.17, 15) is 4.79 Å². The lowest BCUT2D eigenvalue weighted by atomic mass is 10.0. The van der Waals surface area contributed by atoms with Gasteiger partial charge in [0.15, 0.2) is 0 Å². The number of hydrogen-bond acceptors (Lipinski definition) is 3. The van der Waals surface area contributed by atoms with Crippen molar-refractivity contribution in [2.75, 3.05) is 32.1 Å². The van der Waals surface area contributed by atoms with Gasteiger partial charge in [-0.05, 0) is 31.4 Å². The number of aryl methyl sites for hydroxylation is 1. The number of rotatable bonds is 6. The van der Waals surface area contributed by atoms with E-state index in [1.807, 2.05) is 41.4 Å². The normalized spacial score (nSPS) is 17.0. The summed E-state index contributed by atoms with van der Waals surface area (Å²) in [6.45, 7) is 5.14. The first-order valence-electron chi connectivity index (χ1n) is 8.78. The topological polar surface area (TPSA) is 59.4 Å². The molecule has 1 atom stereocenters. The molecule has 1 unspecified atom stereocenters. The number of carbonyl (C=O) groups excluding carboxylic acids is 1. The molecule has 2 aromatic rings. The SMILES string of the molecule is COCCn1c(C)cnc1CC1CCN(C(=O)Nc2ccccc2)C1. The molecule has 0 radical (unpaired) electrons. The van der Waals surface area contributed by atoms with Crippen LogP contribution in [0.15, 0.2) is 36.5 Å². The number of urea groups is 1. The summed E-state index contributed by atoms with van der Waals surface area (Å²) in [7, 11) is 1.71.